The molecule has 6 nitrogen and oxygen atoms in total. The van der Waals surface area contributed by atoms with Gasteiger partial charge in [-0.3, -0.25) is 4.79 Å². The van der Waals surface area contributed by atoms with Crippen molar-refractivity contribution in [1.82, 2.24) is 10.3 Å². The van der Waals surface area contributed by atoms with Crippen molar-refractivity contribution in [3.8, 4) is 0 Å². The van der Waals surface area contributed by atoms with Gasteiger partial charge in [0.25, 0.3) is 5.91 Å². The van der Waals surface area contributed by atoms with Gasteiger partial charge in [-0.2, -0.15) is 0 Å². The molecule has 0 atom stereocenters. The standard InChI is InChI=1S/C21H23N3O3S/c1-21(2,3)27-20(26)23-12-13-9-10-15-16(11-13)24-17(19(22)25)18(15)28-14-7-5-4-6-8-14/h4-11,24H,12H2,1-3H3,(H2,22,25)(H,23,26). The molecule has 3 aromatic rings. The summed E-state index contributed by atoms with van der Waals surface area (Å²) < 4.78 is 5.25. The Labute approximate surface area is 167 Å². The van der Waals surface area contributed by atoms with E-state index in [0.29, 0.717) is 12.2 Å². The molecule has 146 valence electrons. The molecule has 1 aromatic heterocycles. The highest BCUT2D eigenvalue weighted by molar-refractivity contribution is 7.99. The second-order valence-corrected chi connectivity index (χ2v) is 8.43. The van der Waals surface area contributed by atoms with E-state index in [-0.39, 0.29) is 0 Å². The topological polar surface area (TPSA) is 97.2 Å². The van der Waals surface area contributed by atoms with E-state index < -0.39 is 17.6 Å². The van der Waals surface area contributed by atoms with E-state index >= 15 is 0 Å². The molecule has 0 aliphatic carbocycles. The maximum atomic E-state index is 11.9. The summed E-state index contributed by atoms with van der Waals surface area (Å²) in [5.41, 5.74) is 7.07. The van der Waals surface area contributed by atoms with Gasteiger partial charge in [-0.25, -0.2) is 4.79 Å². The van der Waals surface area contributed by atoms with Crippen LogP contribution in [0.5, 0.6) is 0 Å². The van der Waals surface area contributed by atoms with Crippen LogP contribution in [-0.2, 0) is 11.3 Å². The number of aromatic amines is 1. The predicted octanol–water partition coefficient (Wildman–Crippen LogP) is 4.44. The largest absolute Gasteiger partial charge is 0.444 e. The number of rotatable bonds is 5. The zero-order valence-electron chi connectivity index (χ0n) is 16.0. The molecule has 2 aromatic carbocycles. The lowest BCUT2D eigenvalue weighted by atomic mass is 10.1. The van der Waals surface area contributed by atoms with Crippen molar-refractivity contribution >= 4 is 34.7 Å². The van der Waals surface area contributed by atoms with Gasteiger partial charge < -0.3 is 20.8 Å². The SMILES string of the molecule is CC(C)(C)OC(=O)NCc1ccc2c(Sc3ccccc3)c(C(N)=O)[nH]c2c1. The van der Waals surface area contributed by atoms with Crippen LogP contribution >= 0.6 is 11.8 Å². The first-order valence-corrected chi connectivity index (χ1v) is 9.69. The number of carbonyl (C=O) groups is 2. The molecule has 0 saturated carbocycles. The van der Waals surface area contributed by atoms with E-state index in [1.807, 2.05) is 69.3 Å². The van der Waals surface area contributed by atoms with Crippen molar-refractivity contribution in [2.45, 2.75) is 42.7 Å². The van der Waals surface area contributed by atoms with Crippen molar-refractivity contribution in [2.24, 2.45) is 5.73 Å². The van der Waals surface area contributed by atoms with E-state index in [4.69, 9.17) is 10.5 Å². The van der Waals surface area contributed by atoms with Crippen LogP contribution in [0.3, 0.4) is 0 Å². The van der Waals surface area contributed by atoms with Gasteiger partial charge in [-0.05, 0) is 44.5 Å². The van der Waals surface area contributed by atoms with Crippen molar-refractivity contribution in [2.75, 3.05) is 0 Å². The second kappa shape index (κ2) is 7.98. The fourth-order valence-corrected chi connectivity index (χ4v) is 3.77. The van der Waals surface area contributed by atoms with Crippen molar-refractivity contribution in [3.05, 3.63) is 59.8 Å². The Balaban J connectivity index is 1.84. The van der Waals surface area contributed by atoms with Gasteiger partial charge >= 0.3 is 6.09 Å². The first-order valence-electron chi connectivity index (χ1n) is 8.87. The molecule has 28 heavy (non-hydrogen) atoms. The number of nitrogens with one attached hydrogen (secondary N) is 2. The molecule has 0 bridgehead atoms. The van der Waals surface area contributed by atoms with Crippen LogP contribution in [0.2, 0.25) is 0 Å². The highest BCUT2D eigenvalue weighted by Gasteiger charge is 2.18. The molecule has 7 heteroatoms. The molecule has 0 fully saturated rings. The zero-order valence-corrected chi connectivity index (χ0v) is 16.9. The molecular weight excluding hydrogens is 374 g/mol. The van der Waals surface area contributed by atoms with E-state index in [1.54, 1.807) is 0 Å². The Hall–Kier alpha value is -2.93. The Bertz CT molecular complexity index is 1010. The van der Waals surface area contributed by atoms with E-state index in [0.717, 1.165) is 26.3 Å². The molecule has 1 heterocycles. The number of ether oxygens (including phenoxy) is 1. The lowest BCUT2D eigenvalue weighted by Gasteiger charge is -2.19. The number of fused-ring (bicyclic) bond motifs is 1. The van der Waals surface area contributed by atoms with Gasteiger partial charge in [0, 0.05) is 22.3 Å². The maximum absolute atomic E-state index is 11.9. The molecule has 2 amide bonds. The average molecular weight is 398 g/mol. The minimum Gasteiger partial charge on any atom is -0.444 e. The Morgan fingerprint density at radius 3 is 2.50 bits per heavy atom. The van der Waals surface area contributed by atoms with Gasteiger partial charge in [0.1, 0.15) is 11.3 Å². The van der Waals surface area contributed by atoms with Gasteiger partial charge in [-0.15, -0.1) is 0 Å². The molecule has 4 N–H and O–H groups in total. The molecule has 0 aliphatic heterocycles. The molecule has 3 rings (SSSR count). The summed E-state index contributed by atoms with van der Waals surface area (Å²) >= 11 is 1.49. The number of carbonyl (C=O) groups excluding carboxylic acids is 2. The monoisotopic (exact) mass is 397 g/mol. The minimum atomic E-state index is -0.548. The number of alkyl carbamates (subject to hydrolysis) is 1. The highest BCUT2D eigenvalue weighted by atomic mass is 32.2. The third-order valence-electron chi connectivity index (χ3n) is 3.86. The molecule has 0 spiro atoms. The van der Waals surface area contributed by atoms with Crippen molar-refractivity contribution in [3.63, 3.8) is 0 Å². The number of benzene rings is 2. The maximum Gasteiger partial charge on any atom is 0.407 e. The number of nitrogens with two attached hydrogens (primary N) is 1. The predicted molar refractivity (Wildman–Crippen MR) is 110 cm³/mol. The van der Waals surface area contributed by atoms with Crippen LogP contribution in [0, 0.1) is 0 Å². The van der Waals surface area contributed by atoms with Crippen molar-refractivity contribution in [1.29, 1.82) is 0 Å². The van der Waals surface area contributed by atoms with Gasteiger partial charge in [-0.1, -0.05) is 42.1 Å². The van der Waals surface area contributed by atoms with Crippen LogP contribution in [-0.4, -0.2) is 22.6 Å². The summed E-state index contributed by atoms with van der Waals surface area (Å²) in [5, 5.41) is 3.64. The summed E-state index contributed by atoms with van der Waals surface area (Å²) in [6.07, 6.45) is -0.475. The van der Waals surface area contributed by atoms with E-state index in [1.165, 1.54) is 11.8 Å². The molecular formula is C21H23N3O3S. The lowest BCUT2D eigenvalue weighted by Crippen LogP contribution is -2.32. The highest BCUT2D eigenvalue weighted by Crippen LogP contribution is 2.36. The summed E-state index contributed by atoms with van der Waals surface area (Å²) in [7, 11) is 0. The number of hydrogen-bond acceptors (Lipinski definition) is 4. The molecule has 0 radical (unpaired) electrons. The number of aromatic nitrogens is 1. The fraction of sp³-hybridized carbons (Fsp3) is 0.238. The van der Waals surface area contributed by atoms with Crippen LogP contribution in [0.4, 0.5) is 4.79 Å². The van der Waals surface area contributed by atoms with Crippen LogP contribution < -0.4 is 11.1 Å². The summed E-state index contributed by atoms with van der Waals surface area (Å²) in [4.78, 5) is 28.7. The average Bonchev–Trinajstić information content (AvgIpc) is 2.97. The quantitative estimate of drug-likeness (QED) is 0.593. The van der Waals surface area contributed by atoms with E-state index in [9.17, 15) is 9.59 Å². The zero-order chi connectivity index (χ0) is 20.3. The molecule has 0 unspecified atom stereocenters. The Morgan fingerprint density at radius 2 is 1.86 bits per heavy atom. The minimum absolute atomic E-state index is 0.316. The summed E-state index contributed by atoms with van der Waals surface area (Å²) in [5.74, 6) is -0.511. The van der Waals surface area contributed by atoms with Gasteiger partial charge in [0.2, 0.25) is 0 Å². The van der Waals surface area contributed by atoms with E-state index in [2.05, 4.69) is 10.3 Å². The van der Waals surface area contributed by atoms with Crippen LogP contribution in [0.25, 0.3) is 10.9 Å². The third kappa shape index (κ3) is 4.86. The number of amides is 2. The normalized spacial score (nSPS) is 11.4. The second-order valence-electron chi connectivity index (χ2n) is 7.34. The van der Waals surface area contributed by atoms with Crippen molar-refractivity contribution < 1.29 is 14.3 Å². The smallest absolute Gasteiger partial charge is 0.407 e. The number of H-pyrrole nitrogens is 1. The molecule has 0 aliphatic rings. The molecule has 0 saturated heterocycles. The summed E-state index contributed by atoms with van der Waals surface area (Å²) in [6, 6.07) is 15.5. The summed E-state index contributed by atoms with van der Waals surface area (Å²) in [6.45, 7) is 5.76. The first kappa shape index (κ1) is 19.8. The van der Waals surface area contributed by atoms with Gasteiger partial charge in [0.05, 0.1) is 4.90 Å². The number of primary amides is 1. The first-order chi connectivity index (χ1) is 13.2. The number of hydrogen-bond donors (Lipinski definition) is 3. The van der Waals surface area contributed by atoms with Crippen LogP contribution in [0.1, 0.15) is 36.8 Å². The lowest BCUT2D eigenvalue weighted by molar-refractivity contribution is 0.0523. The Kier molecular flexibility index (Phi) is 5.65. The Morgan fingerprint density at radius 1 is 1.14 bits per heavy atom. The van der Waals surface area contributed by atoms with Gasteiger partial charge in [0.15, 0.2) is 0 Å². The third-order valence-corrected chi connectivity index (χ3v) is 5.00. The fourth-order valence-electron chi connectivity index (χ4n) is 2.70. The van der Waals surface area contributed by atoms with Crippen LogP contribution in [0.15, 0.2) is 58.3 Å².